The van der Waals surface area contributed by atoms with Gasteiger partial charge in [-0.25, -0.2) is 4.79 Å². The molecule has 1 unspecified atom stereocenters. The first-order valence-corrected chi connectivity index (χ1v) is 5.63. The lowest BCUT2D eigenvalue weighted by Gasteiger charge is -2.25. The largest absolute Gasteiger partial charge is 0.444 e. The molecule has 0 N–H and O–H groups in total. The molecule has 1 saturated heterocycles. The summed E-state index contributed by atoms with van der Waals surface area (Å²) in [6.45, 7) is 5.54. The fourth-order valence-corrected chi connectivity index (χ4v) is 2.17. The Bertz CT molecular complexity index is 264. The highest BCUT2D eigenvalue weighted by Gasteiger charge is 2.31. The normalized spacial score (nSPS) is 21.9. The Morgan fingerprint density at radius 2 is 2.29 bits per heavy atom. The Kier molecular flexibility index (Phi) is 3.33. The first-order chi connectivity index (χ1) is 6.44. The Hall–Kier alpha value is -0.820. The van der Waals surface area contributed by atoms with Crippen molar-refractivity contribution in [3.63, 3.8) is 0 Å². The fraction of sp³-hybridized carbons (Fsp3) is 0.700. The monoisotopic (exact) mass is 213 g/mol. The highest BCUT2D eigenvalue weighted by Crippen LogP contribution is 2.22. The van der Waals surface area contributed by atoms with Crippen LogP contribution in [0.2, 0.25) is 0 Å². The van der Waals surface area contributed by atoms with Crippen LogP contribution < -0.4 is 0 Å². The highest BCUT2D eigenvalue weighted by atomic mass is 32.2. The van der Waals surface area contributed by atoms with Gasteiger partial charge in [0.1, 0.15) is 11.6 Å². The van der Waals surface area contributed by atoms with Crippen LogP contribution in [0.4, 0.5) is 4.79 Å². The molecule has 78 valence electrons. The lowest BCUT2D eigenvalue weighted by atomic mass is 10.2. The first-order valence-electron chi connectivity index (χ1n) is 4.47. The molecule has 0 bridgehead atoms. The molecule has 0 aromatic heterocycles. The summed E-state index contributed by atoms with van der Waals surface area (Å²) in [7, 11) is 0. The smallest absolute Gasteiger partial charge is 0.412 e. The van der Waals surface area contributed by atoms with Crippen molar-refractivity contribution in [3.8, 4) is 12.3 Å². The number of rotatable bonds is 0. The molecular formula is C10H15NO2S. The van der Waals surface area contributed by atoms with Crippen LogP contribution in [-0.4, -0.2) is 34.3 Å². The number of hydrogen-bond donors (Lipinski definition) is 0. The van der Waals surface area contributed by atoms with Crippen LogP contribution in [0.25, 0.3) is 0 Å². The third-order valence-corrected chi connectivity index (χ3v) is 2.71. The van der Waals surface area contributed by atoms with E-state index in [0.717, 1.165) is 5.75 Å². The van der Waals surface area contributed by atoms with E-state index < -0.39 is 5.60 Å². The molecule has 1 heterocycles. The van der Waals surface area contributed by atoms with E-state index in [2.05, 4.69) is 5.92 Å². The third-order valence-electron chi connectivity index (χ3n) is 1.70. The predicted octanol–water partition coefficient (Wildman–Crippen LogP) is 1.93. The summed E-state index contributed by atoms with van der Waals surface area (Å²) >= 11 is 1.65. The summed E-state index contributed by atoms with van der Waals surface area (Å²) < 4.78 is 5.23. The molecule has 1 fully saturated rings. The maximum atomic E-state index is 11.6. The van der Waals surface area contributed by atoms with Gasteiger partial charge in [0.05, 0.1) is 5.88 Å². The van der Waals surface area contributed by atoms with Gasteiger partial charge in [-0.3, -0.25) is 4.90 Å². The van der Waals surface area contributed by atoms with E-state index in [9.17, 15) is 4.79 Å². The molecule has 0 aromatic rings. The summed E-state index contributed by atoms with van der Waals surface area (Å²) in [5.74, 6) is 4.02. The molecule has 0 aliphatic carbocycles. The second-order valence-corrected chi connectivity index (χ2v) is 5.13. The topological polar surface area (TPSA) is 29.5 Å². The average molecular weight is 213 g/mol. The minimum absolute atomic E-state index is 0.116. The molecule has 14 heavy (non-hydrogen) atoms. The van der Waals surface area contributed by atoms with Crippen molar-refractivity contribution in [2.45, 2.75) is 32.4 Å². The van der Waals surface area contributed by atoms with Gasteiger partial charge in [0.2, 0.25) is 0 Å². The number of nitrogens with zero attached hydrogens (tertiary/aromatic N) is 1. The van der Waals surface area contributed by atoms with E-state index >= 15 is 0 Å². The molecule has 1 aliphatic rings. The number of carbonyl (C=O) groups excluding carboxylic acids is 1. The fourth-order valence-electron chi connectivity index (χ4n) is 1.08. The van der Waals surface area contributed by atoms with Gasteiger partial charge >= 0.3 is 6.09 Å². The second kappa shape index (κ2) is 4.14. The maximum absolute atomic E-state index is 11.6. The standard InChI is InChI=1S/C10H15NO2S/c1-5-8-6-14-7-11(8)9(12)13-10(2,3)4/h1,8H,6-7H2,2-4H3. The Labute approximate surface area is 89.2 Å². The number of ether oxygens (including phenoxy) is 1. The summed E-state index contributed by atoms with van der Waals surface area (Å²) in [6.07, 6.45) is 5.00. The predicted molar refractivity (Wildman–Crippen MR) is 58.0 cm³/mol. The number of carbonyl (C=O) groups is 1. The number of thioether (sulfide) groups is 1. The van der Waals surface area contributed by atoms with Crippen LogP contribution in [0, 0.1) is 12.3 Å². The zero-order chi connectivity index (χ0) is 10.8. The van der Waals surface area contributed by atoms with Gasteiger partial charge in [-0.2, -0.15) is 0 Å². The lowest BCUT2D eigenvalue weighted by Crippen LogP contribution is -2.39. The van der Waals surface area contributed by atoms with E-state index in [-0.39, 0.29) is 12.1 Å². The van der Waals surface area contributed by atoms with Gasteiger partial charge in [-0.05, 0) is 20.8 Å². The summed E-state index contributed by atoms with van der Waals surface area (Å²) in [4.78, 5) is 13.2. The minimum atomic E-state index is -0.455. The molecular weight excluding hydrogens is 198 g/mol. The Balaban J connectivity index is 2.57. The quantitative estimate of drug-likeness (QED) is 0.576. The summed E-state index contributed by atoms with van der Waals surface area (Å²) in [5, 5.41) is 0. The number of hydrogen-bond acceptors (Lipinski definition) is 3. The van der Waals surface area contributed by atoms with Crippen molar-refractivity contribution in [3.05, 3.63) is 0 Å². The molecule has 1 amide bonds. The molecule has 0 spiro atoms. The minimum Gasteiger partial charge on any atom is -0.444 e. The Morgan fingerprint density at radius 1 is 1.64 bits per heavy atom. The van der Waals surface area contributed by atoms with Gasteiger partial charge in [0.25, 0.3) is 0 Å². The van der Waals surface area contributed by atoms with Crippen LogP contribution in [-0.2, 0) is 4.74 Å². The van der Waals surface area contributed by atoms with E-state index in [0.29, 0.717) is 5.88 Å². The van der Waals surface area contributed by atoms with Crippen LogP contribution >= 0.6 is 11.8 Å². The van der Waals surface area contributed by atoms with Crippen LogP contribution in [0.15, 0.2) is 0 Å². The second-order valence-electron chi connectivity index (χ2n) is 4.13. The molecule has 4 heteroatoms. The van der Waals surface area contributed by atoms with Crippen molar-refractivity contribution < 1.29 is 9.53 Å². The van der Waals surface area contributed by atoms with Gasteiger partial charge in [-0.1, -0.05) is 5.92 Å². The van der Waals surface area contributed by atoms with Crippen molar-refractivity contribution in [2.75, 3.05) is 11.6 Å². The maximum Gasteiger partial charge on any atom is 0.412 e. The molecule has 1 aliphatic heterocycles. The van der Waals surface area contributed by atoms with Crippen molar-refractivity contribution in [2.24, 2.45) is 0 Å². The highest BCUT2D eigenvalue weighted by molar-refractivity contribution is 7.99. The molecule has 0 radical (unpaired) electrons. The summed E-state index contributed by atoms with van der Waals surface area (Å²) in [5.41, 5.74) is -0.455. The first kappa shape index (κ1) is 11.3. The van der Waals surface area contributed by atoms with Gasteiger partial charge < -0.3 is 4.74 Å². The van der Waals surface area contributed by atoms with E-state index in [1.165, 1.54) is 0 Å². The van der Waals surface area contributed by atoms with Gasteiger partial charge in [-0.15, -0.1) is 18.2 Å². The van der Waals surface area contributed by atoms with Crippen molar-refractivity contribution in [1.29, 1.82) is 0 Å². The average Bonchev–Trinajstić information content (AvgIpc) is 2.47. The molecule has 1 rings (SSSR count). The van der Waals surface area contributed by atoms with Crippen LogP contribution in [0.5, 0.6) is 0 Å². The third kappa shape index (κ3) is 2.85. The molecule has 0 aromatic carbocycles. The van der Waals surface area contributed by atoms with Crippen LogP contribution in [0.1, 0.15) is 20.8 Å². The van der Waals surface area contributed by atoms with E-state index in [4.69, 9.17) is 11.2 Å². The van der Waals surface area contributed by atoms with E-state index in [1.54, 1.807) is 16.7 Å². The Morgan fingerprint density at radius 3 is 2.79 bits per heavy atom. The van der Waals surface area contributed by atoms with Gasteiger partial charge in [0, 0.05) is 5.75 Å². The SMILES string of the molecule is C#CC1CSCN1C(=O)OC(C)(C)C. The zero-order valence-electron chi connectivity index (χ0n) is 8.74. The van der Waals surface area contributed by atoms with Crippen molar-refractivity contribution >= 4 is 17.9 Å². The molecule has 0 saturated carbocycles. The van der Waals surface area contributed by atoms with E-state index in [1.807, 2.05) is 20.8 Å². The van der Waals surface area contributed by atoms with Crippen LogP contribution in [0.3, 0.4) is 0 Å². The number of terminal acetylenes is 1. The number of amides is 1. The zero-order valence-corrected chi connectivity index (χ0v) is 9.56. The van der Waals surface area contributed by atoms with Gasteiger partial charge in [0.15, 0.2) is 0 Å². The lowest BCUT2D eigenvalue weighted by molar-refractivity contribution is 0.0274. The molecule has 1 atom stereocenters. The molecule has 3 nitrogen and oxygen atoms in total. The summed E-state index contributed by atoms with van der Waals surface area (Å²) in [6, 6.07) is -0.116. The van der Waals surface area contributed by atoms with Crippen molar-refractivity contribution in [1.82, 2.24) is 4.90 Å².